The van der Waals surface area contributed by atoms with Crippen molar-refractivity contribution in [1.29, 1.82) is 0 Å². The van der Waals surface area contributed by atoms with Crippen LogP contribution >= 0.6 is 0 Å². The summed E-state index contributed by atoms with van der Waals surface area (Å²) in [4.78, 5) is 28.5. The van der Waals surface area contributed by atoms with Crippen LogP contribution in [0.5, 0.6) is 5.75 Å². The number of unbranched alkanes of at least 4 members (excludes halogenated alkanes) is 1. The van der Waals surface area contributed by atoms with E-state index in [4.69, 9.17) is 4.74 Å². The molecule has 1 heterocycles. The topological polar surface area (TPSA) is 61.9 Å². The lowest BCUT2D eigenvalue weighted by atomic mass is 10.1. The first-order chi connectivity index (χ1) is 12.7. The third kappa shape index (κ3) is 5.46. The van der Waals surface area contributed by atoms with Crippen molar-refractivity contribution in [3.8, 4) is 5.75 Å². The second-order valence-electron chi connectivity index (χ2n) is 7.14. The Balaban J connectivity index is 1.43. The summed E-state index contributed by atoms with van der Waals surface area (Å²) in [5.74, 6) is 0.958. The number of hydrogen-bond donors (Lipinski definition) is 1. The molecule has 2 aliphatic rings. The van der Waals surface area contributed by atoms with Crippen molar-refractivity contribution < 1.29 is 14.3 Å². The average molecular weight is 359 g/mol. The van der Waals surface area contributed by atoms with Crippen LogP contribution in [0.25, 0.3) is 0 Å². The Morgan fingerprint density at radius 3 is 2.42 bits per heavy atom. The van der Waals surface area contributed by atoms with Crippen molar-refractivity contribution in [2.24, 2.45) is 0 Å². The molecule has 0 atom stereocenters. The second kappa shape index (κ2) is 9.03. The van der Waals surface area contributed by atoms with Crippen molar-refractivity contribution >= 4 is 11.8 Å². The van der Waals surface area contributed by atoms with Gasteiger partial charge in [-0.3, -0.25) is 14.5 Å². The highest BCUT2D eigenvalue weighted by atomic mass is 16.5. The summed E-state index contributed by atoms with van der Waals surface area (Å²) in [5, 5.41) is 3.01. The van der Waals surface area contributed by atoms with Crippen molar-refractivity contribution in [2.75, 3.05) is 39.3 Å². The zero-order valence-corrected chi connectivity index (χ0v) is 15.6. The lowest BCUT2D eigenvalue weighted by Gasteiger charge is -2.34. The van der Waals surface area contributed by atoms with Gasteiger partial charge in [-0.15, -0.1) is 0 Å². The van der Waals surface area contributed by atoms with Gasteiger partial charge in [0.1, 0.15) is 5.75 Å². The predicted molar refractivity (Wildman–Crippen MR) is 100 cm³/mol. The Hall–Kier alpha value is -2.08. The quantitative estimate of drug-likeness (QED) is 0.720. The van der Waals surface area contributed by atoms with Gasteiger partial charge in [0.2, 0.25) is 5.91 Å². The van der Waals surface area contributed by atoms with E-state index < -0.39 is 0 Å². The van der Waals surface area contributed by atoms with Gasteiger partial charge in [-0.25, -0.2) is 0 Å². The zero-order chi connectivity index (χ0) is 18.4. The third-order valence-corrected chi connectivity index (χ3v) is 4.84. The highest BCUT2D eigenvalue weighted by molar-refractivity contribution is 5.94. The molecule has 1 saturated heterocycles. The van der Waals surface area contributed by atoms with Gasteiger partial charge in [0.15, 0.2) is 0 Å². The summed E-state index contributed by atoms with van der Waals surface area (Å²) in [6.45, 7) is 6.06. The Bertz CT molecular complexity index is 605. The molecule has 0 bridgehead atoms. The molecule has 6 heteroatoms. The van der Waals surface area contributed by atoms with E-state index in [1.165, 1.54) is 0 Å². The van der Waals surface area contributed by atoms with E-state index in [9.17, 15) is 9.59 Å². The monoisotopic (exact) mass is 359 g/mol. The highest BCUT2D eigenvalue weighted by Crippen LogP contribution is 2.18. The Labute approximate surface area is 155 Å². The normalized spacial score (nSPS) is 17.8. The van der Waals surface area contributed by atoms with Gasteiger partial charge in [0, 0.05) is 37.8 Å². The molecule has 1 aliphatic carbocycles. The van der Waals surface area contributed by atoms with Crippen molar-refractivity contribution in [3.05, 3.63) is 29.8 Å². The average Bonchev–Trinajstić information content (AvgIpc) is 3.46. The molecule has 1 aromatic rings. The number of nitrogens with one attached hydrogen (secondary N) is 1. The molecule has 26 heavy (non-hydrogen) atoms. The lowest BCUT2D eigenvalue weighted by Crippen LogP contribution is -2.51. The van der Waals surface area contributed by atoms with Crippen LogP contribution in [0.2, 0.25) is 0 Å². The van der Waals surface area contributed by atoms with Crippen LogP contribution in [0.4, 0.5) is 0 Å². The number of carbonyl (C=O) groups excluding carboxylic acids is 2. The maximum Gasteiger partial charge on any atom is 0.253 e. The van der Waals surface area contributed by atoms with Gasteiger partial charge in [0.05, 0.1) is 13.2 Å². The number of rotatable bonds is 8. The van der Waals surface area contributed by atoms with Gasteiger partial charge >= 0.3 is 0 Å². The number of ether oxygens (including phenoxy) is 1. The van der Waals surface area contributed by atoms with Crippen LogP contribution in [-0.2, 0) is 4.79 Å². The summed E-state index contributed by atoms with van der Waals surface area (Å²) in [7, 11) is 0. The smallest absolute Gasteiger partial charge is 0.253 e. The van der Waals surface area contributed by atoms with Crippen LogP contribution in [-0.4, -0.2) is 67.0 Å². The minimum atomic E-state index is 0.0483. The van der Waals surface area contributed by atoms with Crippen LogP contribution < -0.4 is 10.1 Å². The van der Waals surface area contributed by atoms with E-state index in [2.05, 4.69) is 17.1 Å². The number of amides is 2. The molecular formula is C20H29N3O3. The van der Waals surface area contributed by atoms with Crippen LogP contribution in [0.15, 0.2) is 24.3 Å². The summed E-state index contributed by atoms with van der Waals surface area (Å²) in [6.07, 6.45) is 4.35. The molecule has 1 aliphatic heterocycles. The first kappa shape index (κ1) is 18.7. The van der Waals surface area contributed by atoms with Crippen molar-refractivity contribution in [1.82, 2.24) is 15.1 Å². The first-order valence-electron chi connectivity index (χ1n) is 9.69. The van der Waals surface area contributed by atoms with E-state index in [1.807, 2.05) is 29.2 Å². The molecule has 3 rings (SSSR count). The fraction of sp³-hybridized carbons (Fsp3) is 0.600. The van der Waals surface area contributed by atoms with Crippen molar-refractivity contribution in [2.45, 2.75) is 38.6 Å². The Kier molecular flexibility index (Phi) is 6.50. The lowest BCUT2D eigenvalue weighted by molar-refractivity contribution is -0.122. The van der Waals surface area contributed by atoms with Crippen molar-refractivity contribution in [3.63, 3.8) is 0 Å². The molecule has 0 radical (unpaired) electrons. The molecule has 0 spiro atoms. The van der Waals surface area contributed by atoms with E-state index in [0.717, 1.165) is 44.5 Å². The number of hydrogen-bond acceptors (Lipinski definition) is 4. The maximum absolute atomic E-state index is 12.6. The fourth-order valence-corrected chi connectivity index (χ4v) is 3.02. The SMILES string of the molecule is CCCCOc1ccc(C(=O)N2CCN(CC(=O)NC3CC3)CC2)cc1. The molecule has 1 N–H and O–H groups in total. The molecule has 0 unspecified atom stereocenters. The van der Waals surface area contributed by atoms with E-state index >= 15 is 0 Å². The molecule has 142 valence electrons. The van der Waals surface area contributed by atoms with E-state index in [1.54, 1.807) is 0 Å². The second-order valence-corrected chi connectivity index (χ2v) is 7.14. The molecule has 6 nitrogen and oxygen atoms in total. The highest BCUT2D eigenvalue weighted by Gasteiger charge is 2.26. The van der Waals surface area contributed by atoms with Gasteiger partial charge in [-0.1, -0.05) is 13.3 Å². The largest absolute Gasteiger partial charge is 0.494 e. The number of nitrogens with zero attached hydrogens (tertiary/aromatic N) is 2. The Morgan fingerprint density at radius 1 is 1.12 bits per heavy atom. The van der Waals surface area contributed by atoms with Crippen LogP contribution in [0, 0.1) is 0 Å². The first-order valence-corrected chi connectivity index (χ1v) is 9.69. The van der Waals surface area contributed by atoms with Crippen LogP contribution in [0.3, 0.4) is 0 Å². The van der Waals surface area contributed by atoms with Crippen LogP contribution in [0.1, 0.15) is 43.0 Å². The Morgan fingerprint density at radius 2 is 1.81 bits per heavy atom. The zero-order valence-electron chi connectivity index (χ0n) is 15.6. The maximum atomic E-state index is 12.6. The predicted octanol–water partition coefficient (Wildman–Crippen LogP) is 1.90. The molecule has 2 fully saturated rings. The molecule has 0 aromatic heterocycles. The van der Waals surface area contributed by atoms with Gasteiger partial charge < -0.3 is 15.0 Å². The summed E-state index contributed by atoms with van der Waals surface area (Å²) >= 11 is 0. The summed E-state index contributed by atoms with van der Waals surface area (Å²) in [6, 6.07) is 7.79. The molecular weight excluding hydrogens is 330 g/mol. The minimum absolute atomic E-state index is 0.0483. The molecule has 2 amide bonds. The number of piperazine rings is 1. The minimum Gasteiger partial charge on any atom is -0.494 e. The van der Waals surface area contributed by atoms with Gasteiger partial charge in [-0.2, -0.15) is 0 Å². The summed E-state index contributed by atoms with van der Waals surface area (Å²) < 4.78 is 5.64. The van der Waals surface area contributed by atoms with Gasteiger partial charge in [-0.05, 0) is 43.5 Å². The number of benzene rings is 1. The van der Waals surface area contributed by atoms with E-state index in [-0.39, 0.29) is 11.8 Å². The van der Waals surface area contributed by atoms with Gasteiger partial charge in [0.25, 0.3) is 5.91 Å². The molecule has 1 aromatic carbocycles. The summed E-state index contributed by atoms with van der Waals surface area (Å²) in [5.41, 5.74) is 0.688. The van der Waals surface area contributed by atoms with E-state index in [0.29, 0.717) is 37.8 Å². The fourth-order valence-electron chi connectivity index (χ4n) is 3.02. The molecule has 1 saturated carbocycles. The number of carbonyl (C=O) groups is 2. The standard InChI is InChI=1S/C20H29N3O3/c1-2-3-14-26-18-8-4-16(5-9-18)20(25)23-12-10-22(11-13-23)15-19(24)21-17-6-7-17/h4-5,8-9,17H,2-3,6-7,10-15H2,1H3,(H,21,24). The third-order valence-electron chi connectivity index (χ3n) is 4.84.